The maximum Gasteiger partial charge on any atom is 0.472 e. The Kier molecular flexibility index (Phi) is 53.2. The van der Waals surface area contributed by atoms with Gasteiger partial charge in [-0.25, -0.2) is 4.57 Å². The zero-order valence-corrected chi connectivity index (χ0v) is 47.6. The monoisotopic (exact) mass is 1040 g/mol. The summed E-state index contributed by atoms with van der Waals surface area (Å²) in [5.41, 5.74) is 0. The minimum atomic E-state index is -4.73. The number of hydrogen-bond donors (Lipinski definition) is 2. The zero-order chi connectivity index (χ0) is 52.7. The van der Waals surface area contributed by atoms with Gasteiger partial charge in [0.25, 0.3) is 0 Å². The molecule has 72 heavy (non-hydrogen) atoms. The number of allylic oxidation sites excluding steroid dienone is 6. The van der Waals surface area contributed by atoms with E-state index in [4.69, 9.17) is 23.3 Å². The van der Waals surface area contributed by atoms with E-state index < -0.39 is 57.8 Å². The first kappa shape index (κ1) is 69.7. The lowest BCUT2D eigenvalue weighted by Crippen LogP contribution is -2.30. The molecule has 0 aliphatic heterocycles. The average Bonchev–Trinajstić information content (AvgIpc) is 3.37. The third-order valence-corrected chi connectivity index (χ3v) is 13.9. The van der Waals surface area contributed by atoms with Crippen LogP contribution in [0.2, 0.25) is 0 Å². The average molecular weight is 1040 g/mol. The van der Waals surface area contributed by atoms with E-state index in [-0.39, 0.29) is 25.9 Å². The molecule has 0 saturated carbocycles. The van der Waals surface area contributed by atoms with Gasteiger partial charge in [-0.1, -0.05) is 211 Å². The van der Waals surface area contributed by atoms with E-state index in [0.717, 1.165) is 116 Å². The Morgan fingerprint density at radius 2 is 0.653 bits per heavy atom. The van der Waals surface area contributed by atoms with Crippen molar-refractivity contribution in [3.05, 3.63) is 36.5 Å². The first-order valence-corrected chi connectivity index (χ1v) is 31.4. The maximum absolute atomic E-state index is 12.9. The van der Waals surface area contributed by atoms with Gasteiger partial charge in [0.05, 0.1) is 13.2 Å². The number of aliphatic hydroxyl groups excluding tert-OH is 1. The molecule has 0 spiro atoms. The first-order chi connectivity index (χ1) is 35.1. The Balaban J connectivity index is 4.60. The van der Waals surface area contributed by atoms with Crippen LogP contribution < -0.4 is 0 Å². The Labute approximate surface area is 441 Å². The number of esters is 3. The summed E-state index contributed by atoms with van der Waals surface area (Å²) >= 11 is 0. The number of ether oxygens (including phenoxy) is 3. The zero-order valence-electron chi connectivity index (χ0n) is 46.7. The summed E-state index contributed by atoms with van der Waals surface area (Å²) in [5, 5.41) is 10.3. The van der Waals surface area contributed by atoms with E-state index in [1.165, 1.54) is 116 Å². The van der Waals surface area contributed by atoms with E-state index in [0.29, 0.717) is 19.3 Å². The highest BCUT2D eigenvalue weighted by Gasteiger charge is 2.27. The molecule has 0 bridgehead atoms. The van der Waals surface area contributed by atoms with Gasteiger partial charge in [-0.2, -0.15) is 0 Å². The molecule has 0 aliphatic carbocycles. The van der Waals surface area contributed by atoms with Crippen LogP contribution in [0.3, 0.4) is 0 Å². The van der Waals surface area contributed by atoms with Crippen molar-refractivity contribution in [2.45, 2.75) is 303 Å². The van der Waals surface area contributed by atoms with Crippen molar-refractivity contribution in [1.29, 1.82) is 0 Å². The van der Waals surface area contributed by atoms with Crippen LogP contribution in [-0.2, 0) is 42.2 Å². The van der Waals surface area contributed by atoms with Gasteiger partial charge in [-0.15, -0.1) is 0 Å². The topological polar surface area (TPSA) is 155 Å². The van der Waals surface area contributed by atoms with Gasteiger partial charge in [0.1, 0.15) is 19.3 Å². The molecular weight excluding hydrogens is 928 g/mol. The Morgan fingerprint density at radius 3 is 1.00 bits per heavy atom. The van der Waals surface area contributed by atoms with E-state index >= 15 is 0 Å². The normalized spacial score (nSPS) is 13.6. The van der Waals surface area contributed by atoms with Crippen molar-refractivity contribution in [2.24, 2.45) is 0 Å². The number of carbonyl (C=O) groups is 3. The van der Waals surface area contributed by atoms with Gasteiger partial charge < -0.3 is 24.2 Å². The minimum absolute atomic E-state index is 0.160. The van der Waals surface area contributed by atoms with Crippen molar-refractivity contribution in [3.8, 4) is 0 Å². The number of hydrogen-bond acceptors (Lipinski definition) is 10. The number of phosphoric acid groups is 1. The molecule has 0 heterocycles. The summed E-state index contributed by atoms with van der Waals surface area (Å²) < 4.78 is 39.1. The summed E-state index contributed by atoms with van der Waals surface area (Å²) in [6.07, 6.45) is 56.7. The largest absolute Gasteiger partial charge is 0.472 e. The van der Waals surface area contributed by atoms with E-state index in [1.54, 1.807) is 0 Å². The highest BCUT2D eigenvalue weighted by atomic mass is 31.2. The minimum Gasteiger partial charge on any atom is -0.463 e. The summed E-state index contributed by atoms with van der Waals surface area (Å²) in [6.45, 7) is 4.81. The molecule has 0 aromatic rings. The van der Waals surface area contributed by atoms with Gasteiger partial charge in [0, 0.05) is 19.3 Å². The molecule has 0 aromatic carbocycles. The SMILES string of the molecule is CCCCCCCC/C=C\CCCCCCCC(=O)OC[C@H](O)COP(=O)(O)OC[C@@H](COC(=O)CCCCCCC/C=C\CCCCCCCC)OC(=O)CCCCCCC/C=C\CCCCCCCC. The number of carbonyl (C=O) groups excluding carboxylic acids is 3. The first-order valence-electron chi connectivity index (χ1n) is 29.9. The lowest BCUT2D eigenvalue weighted by Gasteiger charge is -2.20. The van der Waals surface area contributed by atoms with Crippen LogP contribution in [-0.4, -0.2) is 66.5 Å². The van der Waals surface area contributed by atoms with Gasteiger partial charge >= 0.3 is 25.7 Å². The highest BCUT2D eigenvalue weighted by molar-refractivity contribution is 7.47. The van der Waals surface area contributed by atoms with Crippen LogP contribution in [0.1, 0.15) is 290 Å². The fourth-order valence-corrected chi connectivity index (χ4v) is 9.13. The quantitative estimate of drug-likeness (QED) is 0.0197. The van der Waals surface area contributed by atoms with Gasteiger partial charge in [-0.05, 0) is 96.3 Å². The van der Waals surface area contributed by atoms with Crippen LogP contribution in [0, 0.1) is 0 Å². The molecule has 11 nitrogen and oxygen atoms in total. The molecule has 0 saturated heterocycles. The second kappa shape index (κ2) is 54.9. The lowest BCUT2D eigenvalue weighted by atomic mass is 10.1. The molecule has 422 valence electrons. The molecular formula is C60H111O11P. The number of phosphoric ester groups is 1. The molecule has 0 aliphatic rings. The second-order valence-electron chi connectivity index (χ2n) is 20.2. The van der Waals surface area contributed by atoms with Crippen molar-refractivity contribution >= 4 is 25.7 Å². The summed E-state index contributed by atoms with van der Waals surface area (Å²) in [5.74, 6) is -1.40. The van der Waals surface area contributed by atoms with Crippen LogP contribution in [0.25, 0.3) is 0 Å². The summed E-state index contributed by atoms with van der Waals surface area (Å²) in [7, 11) is -4.73. The number of rotatable bonds is 56. The predicted molar refractivity (Wildman–Crippen MR) is 298 cm³/mol. The second-order valence-corrected chi connectivity index (χ2v) is 21.6. The molecule has 0 rings (SSSR count). The standard InChI is InChI=1S/C60H111O11P/c1-4-7-10-13-16-19-22-25-28-31-34-37-40-43-46-49-58(62)67-52-56(61)53-69-72(65,66)70-55-57(71-60(64)51-48-45-42-39-36-33-30-27-24-21-18-15-12-9-6-3)54-68-59(63)50-47-44-41-38-35-32-29-26-23-20-17-14-11-8-5-2/h25-30,56-57,61H,4-24,31-55H2,1-3H3,(H,65,66)/b28-25-,29-26-,30-27-/t56-,57+/m0/s1. The molecule has 0 radical (unpaired) electrons. The van der Waals surface area contributed by atoms with E-state index in [9.17, 15) is 28.9 Å². The van der Waals surface area contributed by atoms with Gasteiger partial charge in [0.2, 0.25) is 0 Å². The molecule has 12 heteroatoms. The fraction of sp³-hybridized carbons (Fsp3) is 0.850. The molecule has 0 aromatic heterocycles. The lowest BCUT2D eigenvalue weighted by molar-refractivity contribution is -0.161. The molecule has 1 unspecified atom stereocenters. The highest BCUT2D eigenvalue weighted by Crippen LogP contribution is 2.43. The third-order valence-electron chi connectivity index (χ3n) is 12.9. The Morgan fingerprint density at radius 1 is 0.375 bits per heavy atom. The maximum atomic E-state index is 12.9. The van der Waals surface area contributed by atoms with Gasteiger partial charge in [0.15, 0.2) is 6.10 Å². The van der Waals surface area contributed by atoms with Crippen molar-refractivity contribution in [2.75, 3.05) is 26.4 Å². The smallest absolute Gasteiger partial charge is 0.463 e. The van der Waals surface area contributed by atoms with Crippen LogP contribution in [0.15, 0.2) is 36.5 Å². The van der Waals surface area contributed by atoms with E-state index in [1.807, 2.05) is 0 Å². The molecule has 3 atom stereocenters. The fourth-order valence-electron chi connectivity index (χ4n) is 8.34. The molecule has 0 fully saturated rings. The summed E-state index contributed by atoms with van der Waals surface area (Å²) in [6, 6.07) is 0. The Bertz CT molecular complexity index is 1350. The summed E-state index contributed by atoms with van der Waals surface area (Å²) in [4.78, 5) is 48.1. The van der Waals surface area contributed by atoms with Crippen LogP contribution >= 0.6 is 7.82 Å². The third kappa shape index (κ3) is 54.0. The molecule has 2 N–H and O–H groups in total. The predicted octanol–water partition coefficient (Wildman–Crippen LogP) is 17.6. The van der Waals surface area contributed by atoms with Crippen molar-refractivity contribution in [3.63, 3.8) is 0 Å². The number of aliphatic hydroxyl groups is 1. The molecule has 0 amide bonds. The number of unbranched alkanes of at least 4 members (excludes halogenated alkanes) is 33. The van der Waals surface area contributed by atoms with Crippen molar-refractivity contribution in [1.82, 2.24) is 0 Å². The van der Waals surface area contributed by atoms with E-state index in [2.05, 4.69) is 57.2 Å². The van der Waals surface area contributed by atoms with Crippen LogP contribution in [0.4, 0.5) is 0 Å². The Hall–Kier alpha value is -2.30. The van der Waals surface area contributed by atoms with Crippen LogP contribution in [0.5, 0.6) is 0 Å². The van der Waals surface area contributed by atoms with Gasteiger partial charge in [-0.3, -0.25) is 23.4 Å². The van der Waals surface area contributed by atoms with Crippen molar-refractivity contribution < 1.29 is 52.2 Å².